The molecule has 4 aliphatic rings. The molecule has 33 heavy (non-hydrogen) atoms. The number of carbonyl (C=O) groups excluding carboxylic acids is 1. The summed E-state index contributed by atoms with van der Waals surface area (Å²) >= 11 is 0. The highest BCUT2D eigenvalue weighted by atomic mass is 32.2. The maximum atomic E-state index is 13.3. The minimum Gasteiger partial charge on any atom is -0.414 e. The summed E-state index contributed by atoms with van der Waals surface area (Å²) in [5.41, 5.74) is 3.59. The lowest BCUT2D eigenvalue weighted by Crippen LogP contribution is -2.44. The highest BCUT2D eigenvalue weighted by Crippen LogP contribution is 2.58. The number of sulfone groups is 1. The van der Waals surface area contributed by atoms with Gasteiger partial charge in [-0.05, 0) is 93.3 Å². The van der Waals surface area contributed by atoms with Gasteiger partial charge in [0, 0.05) is 12.0 Å². The van der Waals surface area contributed by atoms with E-state index >= 15 is 0 Å². The molecular formula is C27H44O4SSi. The Balaban J connectivity index is 1.61. The fourth-order valence-electron chi connectivity index (χ4n) is 7.02. The van der Waals surface area contributed by atoms with Crippen LogP contribution in [0.4, 0.5) is 0 Å². The zero-order chi connectivity index (χ0) is 24.4. The van der Waals surface area contributed by atoms with Crippen LogP contribution < -0.4 is 0 Å². The molecule has 3 aliphatic carbocycles. The molecule has 0 aromatic heterocycles. The van der Waals surface area contributed by atoms with Crippen molar-refractivity contribution in [3.8, 4) is 0 Å². The normalized spacial score (nSPS) is 37.8. The van der Waals surface area contributed by atoms with Gasteiger partial charge in [0.15, 0.2) is 18.2 Å². The van der Waals surface area contributed by atoms with Crippen LogP contribution in [0.15, 0.2) is 22.8 Å². The first-order chi connectivity index (χ1) is 15.2. The maximum absolute atomic E-state index is 13.3. The second kappa shape index (κ2) is 8.44. The number of ketones is 1. The summed E-state index contributed by atoms with van der Waals surface area (Å²) < 4.78 is 33.4. The third-order valence-corrected chi connectivity index (χ3v) is 16.3. The SMILES string of the molecule is CC(=O)[C@H]1CC[C@H]2C(=CC3C4=C(CC[C@H](O[Si](C)(C)C(C)(C)C)C4)CS3(=O)=O)CCC[C@]12C. The van der Waals surface area contributed by atoms with E-state index in [9.17, 15) is 13.2 Å². The van der Waals surface area contributed by atoms with Crippen molar-refractivity contribution in [2.75, 3.05) is 5.75 Å². The van der Waals surface area contributed by atoms with Crippen LogP contribution in [-0.2, 0) is 19.1 Å². The summed E-state index contributed by atoms with van der Waals surface area (Å²) in [5.74, 6) is 1.00. The molecule has 4 rings (SSSR count). The van der Waals surface area contributed by atoms with Crippen LogP contribution in [0.5, 0.6) is 0 Å². The molecule has 1 heterocycles. The molecule has 6 heteroatoms. The van der Waals surface area contributed by atoms with Crippen molar-refractivity contribution < 1.29 is 17.6 Å². The Morgan fingerprint density at radius 1 is 1.15 bits per heavy atom. The molecule has 0 spiro atoms. The van der Waals surface area contributed by atoms with E-state index in [1.165, 1.54) is 5.57 Å². The molecule has 5 atom stereocenters. The van der Waals surface area contributed by atoms with Crippen LogP contribution in [-0.4, -0.2) is 39.6 Å². The van der Waals surface area contributed by atoms with Gasteiger partial charge in [-0.2, -0.15) is 0 Å². The second-order valence-corrected chi connectivity index (χ2v) is 19.9. The van der Waals surface area contributed by atoms with E-state index in [0.29, 0.717) is 11.7 Å². The van der Waals surface area contributed by atoms with Gasteiger partial charge in [0.25, 0.3) is 0 Å². The number of hydrogen-bond donors (Lipinski definition) is 0. The van der Waals surface area contributed by atoms with E-state index in [-0.39, 0.29) is 28.2 Å². The van der Waals surface area contributed by atoms with E-state index < -0.39 is 23.4 Å². The molecule has 186 valence electrons. The number of allylic oxidation sites excluding steroid dienone is 1. The van der Waals surface area contributed by atoms with E-state index in [1.54, 1.807) is 6.92 Å². The topological polar surface area (TPSA) is 60.4 Å². The Labute approximate surface area is 202 Å². The first-order valence-electron chi connectivity index (χ1n) is 13.0. The Bertz CT molecular complexity index is 984. The molecule has 0 aromatic rings. The van der Waals surface area contributed by atoms with E-state index in [1.807, 2.05) is 0 Å². The number of Topliss-reactive ketones (excluding diaryl/α,β-unsaturated/α-hetero) is 1. The summed E-state index contributed by atoms with van der Waals surface area (Å²) in [5, 5.41) is -0.334. The van der Waals surface area contributed by atoms with Gasteiger partial charge in [0.1, 0.15) is 11.0 Å². The molecule has 2 saturated carbocycles. The molecule has 0 aromatic carbocycles. The smallest absolute Gasteiger partial charge is 0.192 e. The lowest BCUT2D eigenvalue weighted by Gasteiger charge is -2.42. The number of fused-ring (bicyclic) bond motifs is 1. The van der Waals surface area contributed by atoms with Crippen molar-refractivity contribution in [3.05, 3.63) is 22.8 Å². The first kappa shape index (κ1) is 25.4. The lowest BCUT2D eigenvalue weighted by molar-refractivity contribution is -0.124. The van der Waals surface area contributed by atoms with Gasteiger partial charge in [0.05, 0.1) is 5.75 Å². The highest BCUT2D eigenvalue weighted by molar-refractivity contribution is 7.92. The van der Waals surface area contributed by atoms with Crippen molar-refractivity contribution in [3.63, 3.8) is 0 Å². The summed E-state index contributed by atoms with van der Waals surface area (Å²) in [6.45, 7) is 15.4. The predicted octanol–water partition coefficient (Wildman–Crippen LogP) is 6.39. The second-order valence-electron chi connectivity index (χ2n) is 13.0. The van der Waals surface area contributed by atoms with Crippen LogP contribution in [0.1, 0.15) is 86.0 Å². The van der Waals surface area contributed by atoms with Crippen LogP contribution in [0.2, 0.25) is 18.1 Å². The van der Waals surface area contributed by atoms with Gasteiger partial charge in [-0.1, -0.05) is 44.9 Å². The zero-order valence-electron chi connectivity index (χ0n) is 21.8. The number of rotatable bonds is 4. The largest absolute Gasteiger partial charge is 0.414 e. The first-order valence-corrected chi connectivity index (χ1v) is 17.6. The van der Waals surface area contributed by atoms with Crippen LogP contribution in [0.3, 0.4) is 0 Å². The number of hydrogen-bond acceptors (Lipinski definition) is 4. The standard InChI is InChI=1S/C27H44O4SSi/c1-18(28)23-12-13-24-19(9-8-14-27(23,24)5)15-25-22-16-21(31-33(6,7)26(2,3)4)11-10-20(22)17-32(25,29)30/h15,21,23-25H,8-14,16-17H2,1-7H3/t21-,23+,24-,25?,27+/m0/s1. The van der Waals surface area contributed by atoms with Crippen LogP contribution in [0, 0.1) is 17.3 Å². The Kier molecular flexibility index (Phi) is 6.49. The predicted molar refractivity (Wildman–Crippen MR) is 137 cm³/mol. The molecule has 1 aliphatic heterocycles. The van der Waals surface area contributed by atoms with E-state index in [2.05, 4.69) is 46.9 Å². The Hall–Kier alpha value is -0.723. The van der Waals surface area contributed by atoms with E-state index in [0.717, 1.165) is 62.5 Å². The van der Waals surface area contributed by atoms with E-state index in [4.69, 9.17) is 4.43 Å². The summed E-state index contributed by atoms with van der Waals surface area (Å²) in [4.78, 5) is 12.3. The summed E-state index contributed by atoms with van der Waals surface area (Å²) in [6.07, 6.45) is 9.87. The fraction of sp³-hybridized carbons (Fsp3) is 0.815. The zero-order valence-corrected chi connectivity index (χ0v) is 23.6. The van der Waals surface area contributed by atoms with Crippen LogP contribution >= 0.6 is 0 Å². The maximum Gasteiger partial charge on any atom is 0.192 e. The monoisotopic (exact) mass is 492 g/mol. The van der Waals surface area contributed by atoms with Gasteiger partial charge < -0.3 is 4.43 Å². The molecule has 0 N–H and O–H groups in total. The summed E-state index contributed by atoms with van der Waals surface area (Å²) in [6, 6.07) is 0. The van der Waals surface area contributed by atoms with Gasteiger partial charge in [-0.15, -0.1) is 0 Å². The van der Waals surface area contributed by atoms with Gasteiger partial charge >= 0.3 is 0 Å². The van der Waals surface area contributed by atoms with Gasteiger partial charge in [-0.3, -0.25) is 4.79 Å². The van der Waals surface area contributed by atoms with Crippen molar-refractivity contribution in [1.29, 1.82) is 0 Å². The van der Waals surface area contributed by atoms with Crippen molar-refractivity contribution in [2.45, 2.75) is 115 Å². The van der Waals surface area contributed by atoms with Gasteiger partial charge in [-0.25, -0.2) is 8.42 Å². The van der Waals surface area contributed by atoms with Crippen molar-refractivity contribution in [2.24, 2.45) is 17.3 Å². The molecule has 1 unspecified atom stereocenters. The van der Waals surface area contributed by atoms with Crippen LogP contribution in [0.25, 0.3) is 0 Å². The third-order valence-electron chi connectivity index (χ3n) is 9.86. The van der Waals surface area contributed by atoms with Crippen molar-refractivity contribution >= 4 is 23.9 Å². The molecule has 4 nitrogen and oxygen atoms in total. The lowest BCUT2D eigenvalue weighted by atomic mass is 9.62. The average molecular weight is 493 g/mol. The molecule has 0 bridgehead atoms. The average Bonchev–Trinajstić information content (AvgIpc) is 3.15. The molecule has 2 fully saturated rings. The molecule has 0 radical (unpaired) electrons. The fourth-order valence-corrected chi connectivity index (χ4v) is 10.5. The Morgan fingerprint density at radius 2 is 1.85 bits per heavy atom. The molecule has 0 saturated heterocycles. The molecular weight excluding hydrogens is 448 g/mol. The molecule has 0 amide bonds. The third kappa shape index (κ3) is 4.49. The minimum absolute atomic E-state index is 0.00393. The summed E-state index contributed by atoms with van der Waals surface area (Å²) in [7, 11) is -5.11. The minimum atomic E-state index is -3.20. The highest BCUT2D eigenvalue weighted by Gasteiger charge is 2.52. The Morgan fingerprint density at radius 3 is 2.48 bits per heavy atom. The van der Waals surface area contributed by atoms with Crippen molar-refractivity contribution in [1.82, 2.24) is 0 Å². The number of carbonyl (C=O) groups is 1. The van der Waals surface area contributed by atoms with Gasteiger partial charge in [0.2, 0.25) is 0 Å². The quantitative estimate of drug-likeness (QED) is 0.337.